The molecule has 0 aromatic carbocycles. The minimum absolute atomic E-state index is 0.0561. The monoisotopic (exact) mass is 298 g/mol. The molecule has 0 radical (unpaired) electrons. The van der Waals surface area contributed by atoms with E-state index in [0.29, 0.717) is 6.61 Å². The smallest absolute Gasteiger partial charge is 0.227 e. The van der Waals surface area contributed by atoms with Crippen LogP contribution >= 0.6 is 11.5 Å². The fourth-order valence-corrected chi connectivity index (χ4v) is 2.67. The van der Waals surface area contributed by atoms with Gasteiger partial charge in [0.25, 0.3) is 0 Å². The van der Waals surface area contributed by atoms with Crippen molar-refractivity contribution in [3.63, 3.8) is 0 Å². The van der Waals surface area contributed by atoms with Crippen molar-refractivity contribution >= 4 is 22.6 Å². The van der Waals surface area contributed by atoms with Crippen molar-refractivity contribution in [3.05, 3.63) is 5.82 Å². The highest BCUT2D eigenvalue weighted by molar-refractivity contribution is 7.09. The van der Waals surface area contributed by atoms with Gasteiger partial charge in [-0.05, 0) is 20.8 Å². The third kappa shape index (κ3) is 3.89. The lowest BCUT2D eigenvalue weighted by atomic mass is 9.98. The summed E-state index contributed by atoms with van der Waals surface area (Å²) in [6.07, 6.45) is 0.731. The molecule has 1 saturated heterocycles. The normalized spacial score (nSPS) is 16.1. The zero-order valence-corrected chi connectivity index (χ0v) is 13.3. The molecule has 0 saturated carbocycles. The Morgan fingerprint density at radius 3 is 2.80 bits per heavy atom. The Hall–Kier alpha value is -1.21. The number of carbonyl (C=O) groups is 1. The number of amides is 1. The predicted octanol–water partition coefficient (Wildman–Crippen LogP) is 1.08. The molecule has 6 nitrogen and oxygen atoms in total. The van der Waals surface area contributed by atoms with Crippen LogP contribution in [0.1, 0.15) is 26.6 Å². The lowest BCUT2D eigenvalue weighted by Crippen LogP contribution is -2.56. The van der Waals surface area contributed by atoms with E-state index in [4.69, 9.17) is 4.74 Å². The average molecular weight is 298 g/mol. The maximum atomic E-state index is 12.0. The number of aromatic nitrogens is 2. The van der Waals surface area contributed by atoms with E-state index in [2.05, 4.69) is 19.6 Å². The largest absolute Gasteiger partial charge is 0.384 e. The molecule has 2 rings (SSSR count). The third-order valence-electron chi connectivity index (χ3n) is 3.01. The molecule has 1 amide bonds. The van der Waals surface area contributed by atoms with Gasteiger partial charge in [0.05, 0.1) is 12.5 Å². The van der Waals surface area contributed by atoms with Gasteiger partial charge in [0.1, 0.15) is 5.82 Å². The molecule has 1 aliphatic heterocycles. The second kappa shape index (κ2) is 6.05. The van der Waals surface area contributed by atoms with Crippen molar-refractivity contribution in [1.82, 2.24) is 14.7 Å². The van der Waals surface area contributed by atoms with Gasteiger partial charge in [-0.25, -0.2) is 4.98 Å². The standard InChI is InChI=1S/C13H22N4O2S/c1-13(2,3)15-11(18)9-7-17(8-9)12-14-10(16-20-12)5-6-19-4/h9H,5-8H2,1-4H3,(H,15,18). The van der Waals surface area contributed by atoms with Crippen LogP contribution in [0.3, 0.4) is 0 Å². The molecule has 20 heavy (non-hydrogen) atoms. The number of hydrogen-bond acceptors (Lipinski definition) is 6. The molecule has 0 spiro atoms. The number of rotatable bonds is 5. The van der Waals surface area contributed by atoms with E-state index in [-0.39, 0.29) is 17.4 Å². The first-order chi connectivity index (χ1) is 9.39. The van der Waals surface area contributed by atoms with Crippen LogP contribution in [0.25, 0.3) is 0 Å². The molecular formula is C13H22N4O2S. The summed E-state index contributed by atoms with van der Waals surface area (Å²) >= 11 is 1.39. The second-order valence-electron chi connectivity index (χ2n) is 6.08. The first-order valence-corrected chi connectivity index (χ1v) is 7.55. The zero-order valence-electron chi connectivity index (χ0n) is 12.5. The van der Waals surface area contributed by atoms with Crippen LogP contribution < -0.4 is 10.2 Å². The average Bonchev–Trinajstić information content (AvgIpc) is 2.70. The molecule has 7 heteroatoms. The minimum Gasteiger partial charge on any atom is -0.384 e. The first kappa shape index (κ1) is 15.2. The third-order valence-corrected chi connectivity index (χ3v) is 3.82. The Bertz CT molecular complexity index is 463. The van der Waals surface area contributed by atoms with Gasteiger partial charge < -0.3 is 15.0 Å². The maximum absolute atomic E-state index is 12.0. The van der Waals surface area contributed by atoms with Crippen LogP contribution in [-0.4, -0.2) is 47.6 Å². The van der Waals surface area contributed by atoms with E-state index in [1.165, 1.54) is 11.5 Å². The van der Waals surface area contributed by atoms with Crippen LogP contribution in [-0.2, 0) is 16.0 Å². The molecule has 2 heterocycles. The molecule has 0 unspecified atom stereocenters. The van der Waals surface area contributed by atoms with Gasteiger partial charge in [-0.1, -0.05) is 0 Å². The quantitative estimate of drug-likeness (QED) is 0.881. The summed E-state index contributed by atoms with van der Waals surface area (Å²) in [5.74, 6) is 0.993. The van der Waals surface area contributed by atoms with E-state index >= 15 is 0 Å². The van der Waals surface area contributed by atoms with Crippen LogP contribution in [0, 0.1) is 5.92 Å². The Morgan fingerprint density at radius 1 is 1.50 bits per heavy atom. The Labute approximate surface area is 123 Å². The Balaban J connectivity index is 1.81. The minimum atomic E-state index is -0.173. The van der Waals surface area contributed by atoms with Crippen molar-refractivity contribution < 1.29 is 9.53 Å². The predicted molar refractivity (Wildman–Crippen MR) is 79.1 cm³/mol. The number of nitrogens with one attached hydrogen (secondary N) is 1. The number of hydrogen-bond donors (Lipinski definition) is 1. The summed E-state index contributed by atoms with van der Waals surface area (Å²) in [6.45, 7) is 8.06. The molecule has 0 bridgehead atoms. The highest BCUT2D eigenvalue weighted by atomic mass is 32.1. The van der Waals surface area contributed by atoms with E-state index in [9.17, 15) is 4.79 Å². The summed E-state index contributed by atoms with van der Waals surface area (Å²) < 4.78 is 9.30. The van der Waals surface area contributed by atoms with Gasteiger partial charge in [0, 0.05) is 43.7 Å². The van der Waals surface area contributed by atoms with Crippen molar-refractivity contribution in [2.75, 3.05) is 31.7 Å². The van der Waals surface area contributed by atoms with Crippen LogP contribution in [0.4, 0.5) is 5.13 Å². The molecular weight excluding hydrogens is 276 g/mol. The number of carbonyl (C=O) groups excluding carboxylic acids is 1. The van der Waals surface area contributed by atoms with E-state index < -0.39 is 0 Å². The second-order valence-corrected chi connectivity index (χ2v) is 6.81. The summed E-state index contributed by atoms with van der Waals surface area (Å²) in [4.78, 5) is 18.5. The molecule has 0 atom stereocenters. The number of anilines is 1. The SMILES string of the molecule is COCCc1nsc(N2CC(C(=O)NC(C)(C)C)C2)n1. The Morgan fingerprint density at radius 2 is 2.20 bits per heavy atom. The lowest BCUT2D eigenvalue weighted by Gasteiger charge is -2.39. The van der Waals surface area contributed by atoms with Gasteiger partial charge in [-0.15, -0.1) is 0 Å². The van der Waals surface area contributed by atoms with Gasteiger partial charge in [0.15, 0.2) is 0 Å². The van der Waals surface area contributed by atoms with Crippen molar-refractivity contribution in [2.24, 2.45) is 5.92 Å². The highest BCUT2D eigenvalue weighted by Gasteiger charge is 2.35. The van der Waals surface area contributed by atoms with E-state index in [1.54, 1.807) is 7.11 Å². The van der Waals surface area contributed by atoms with Crippen molar-refractivity contribution in [2.45, 2.75) is 32.7 Å². The highest BCUT2D eigenvalue weighted by Crippen LogP contribution is 2.26. The molecule has 1 aromatic heterocycles. The summed E-state index contributed by atoms with van der Waals surface area (Å²) in [5, 5.41) is 3.91. The topological polar surface area (TPSA) is 67.3 Å². The summed E-state index contributed by atoms with van der Waals surface area (Å²) in [6, 6.07) is 0. The van der Waals surface area contributed by atoms with E-state index in [1.807, 2.05) is 20.8 Å². The maximum Gasteiger partial charge on any atom is 0.227 e. The molecule has 0 aliphatic carbocycles. The molecule has 1 aliphatic rings. The van der Waals surface area contributed by atoms with Crippen molar-refractivity contribution in [3.8, 4) is 0 Å². The lowest BCUT2D eigenvalue weighted by molar-refractivity contribution is -0.127. The van der Waals surface area contributed by atoms with Crippen molar-refractivity contribution in [1.29, 1.82) is 0 Å². The Kier molecular flexibility index (Phi) is 4.59. The number of nitrogens with zero attached hydrogens (tertiary/aromatic N) is 3. The first-order valence-electron chi connectivity index (χ1n) is 6.77. The van der Waals surface area contributed by atoms with Crippen LogP contribution in [0.15, 0.2) is 0 Å². The molecule has 1 aromatic rings. The summed E-state index contributed by atoms with van der Waals surface area (Å²) in [5.41, 5.74) is -0.173. The van der Waals surface area contributed by atoms with Gasteiger partial charge >= 0.3 is 0 Å². The molecule has 1 N–H and O–H groups in total. The van der Waals surface area contributed by atoms with Crippen LogP contribution in [0.5, 0.6) is 0 Å². The zero-order chi connectivity index (χ0) is 14.8. The van der Waals surface area contributed by atoms with Gasteiger partial charge in [-0.2, -0.15) is 4.37 Å². The van der Waals surface area contributed by atoms with Crippen LogP contribution in [0.2, 0.25) is 0 Å². The number of methoxy groups -OCH3 is 1. The summed E-state index contributed by atoms with van der Waals surface area (Å²) in [7, 11) is 1.67. The molecule has 1 fully saturated rings. The molecule has 112 valence electrons. The fraction of sp³-hybridized carbons (Fsp3) is 0.769. The van der Waals surface area contributed by atoms with Gasteiger partial charge in [-0.3, -0.25) is 4.79 Å². The van der Waals surface area contributed by atoms with Gasteiger partial charge in [0.2, 0.25) is 11.0 Å². The van der Waals surface area contributed by atoms with E-state index in [0.717, 1.165) is 30.5 Å². The number of ether oxygens (including phenoxy) is 1. The fourth-order valence-electron chi connectivity index (χ4n) is 1.94.